The number of hydrogen-bond donors (Lipinski definition) is 2. The first kappa shape index (κ1) is 11.9. The molecule has 2 N–H and O–H groups in total. The molecule has 6 heteroatoms. The molecule has 2 rings (SSSR count). The van der Waals surface area contributed by atoms with E-state index in [-0.39, 0.29) is 0 Å². The molecule has 1 aromatic heterocycles. The second-order valence-electron chi connectivity index (χ2n) is 3.89. The highest BCUT2D eigenvalue weighted by Gasteiger charge is 2.27. The molecule has 0 amide bonds. The molecule has 0 aliphatic carbocycles. The minimum absolute atomic E-state index is 0.406. The zero-order chi connectivity index (χ0) is 11.4. The fourth-order valence-electron chi connectivity index (χ4n) is 1.83. The van der Waals surface area contributed by atoms with Crippen LogP contribution in [0.25, 0.3) is 0 Å². The maximum absolute atomic E-state index is 5.51. The second-order valence-corrected chi connectivity index (χ2v) is 5.09. The lowest BCUT2D eigenvalue weighted by Gasteiger charge is -2.30. The number of nitrogens with one attached hydrogen (secondary N) is 2. The number of aryl methyl sites for hydroxylation is 1. The molecule has 5 nitrogen and oxygen atoms in total. The minimum atomic E-state index is 0.406. The van der Waals surface area contributed by atoms with Crippen molar-refractivity contribution in [3.63, 3.8) is 0 Å². The van der Waals surface area contributed by atoms with Crippen molar-refractivity contribution in [1.82, 2.24) is 20.5 Å². The summed E-state index contributed by atoms with van der Waals surface area (Å²) in [6.45, 7) is 6.66. The van der Waals surface area contributed by atoms with E-state index in [1.807, 2.05) is 6.92 Å². The molecule has 2 atom stereocenters. The van der Waals surface area contributed by atoms with E-state index in [1.165, 1.54) is 0 Å². The lowest BCUT2D eigenvalue weighted by atomic mass is 10.1. The summed E-state index contributed by atoms with van der Waals surface area (Å²) in [7, 11) is 0. The average Bonchev–Trinajstić information content (AvgIpc) is 2.67. The highest BCUT2D eigenvalue weighted by molar-refractivity contribution is 7.99. The Morgan fingerprint density at radius 2 is 2.50 bits per heavy atom. The largest absolute Gasteiger partial charge is 0.380 e. The fraction of sp³-hybridized carbons (Fsp3) is 0.800. The lowest BCUT2D eigenvalue weighted by molar-refractivity contribution is 0.0836. The van der Waals surface area contributed by atoms with Gasteiger partial charge in [-0.05, 0) is 19.9 Å². The molecule has 0 radical (unpaired) electrons. The van der Waals surface area contributed by atoms with Gasteiger partial charge in [0.15, 0.2) is 0 Å². The summed E-state index contributed by atoms with van der Waals surface area (Å²) in [5.41, 5.74) is 0. The number of rotatable bonds is 4. The average molecular weight is 242 g/mol. The Balaban J connectivity index is 1.95. The summed E-state index contributed by atoms with van der Waals surface area (Å²) < 4.78 is 5.51. The first-order chi connectivity index (χ1) is 7.79. The lowest BCUT2D eigenvalue weighted by Crippen LogP contribution is -2.44. The normalized spacial score (nSPS) is 25.9. The molecular weight excluding hydrogens is 224 g/mol. The predicted octanol–water partition coefficient (Wildman–Crippen LogP) is 0.972. The van der Waals surface area contributed by atoms with E-state index >= 15 is 0 Å². The van der Waals surface area contributed by atoms with Crippen molar-refractivity contribution >= 4 is 11.8 Å². The fourth-order valence-corrected chi connectivity index (χ4v) is 2.95. The molecule has 1 saturated heterocycles. The van der Waals surface area contributed by atoms with Crippen LogP contribution in [0, 0.1) is 6.92 Å². The van der Waals surface area contributed by atoms with Crippen LogP contribution in [0.15, 0.2) is 5.16 Å². The van der Waals surface area contributed by atoms with Gasteiger partial charge in [-0.15, -0.1) is 5.10 Å². The van der Waals surface area contributed by atoms with E-state index in [2.05, 4.69) is 27.4 Å². The van der Waals surface area contributed by atoms with E-state index in [0.717, 1.165) is 37.2 Å². The van der Waals surface area contributed by atoms with E-state index < -0.39 is 0 Å². The van der Waals surface area contributed by atoms with Gasteiger partial charge in [-0.3, -0.25) is 5.10 Å². The molecule has 2 unspecified atom stereocenters. The standard InChI is InChI=1S/C10H18N4OS/c1-3-11-8-4-5-15-6-9(8)16-10-12-7(2)13-14-10/h8-9,11H,3-6H2,1-2H3,(H,12,13,14). The van der Waals surface area contributed by atoms with Crippen molar-refractivity contribution in [2.24, 2.45) is 0 Å². The van der Waals surface area contributed by atoms with Crippen molar-refractivity contribution in [3.8, 4) is 0 Å². The van der Waals surface area contributed by atoms with Crippen LogP contribution in [0.2, 0.25) is 0 Å². The van der Waals surface area contributed by atoms with Gasteiger partial charge >= 0.3 is 0 Å². The highest BCUT2D eigenvalue weighted by Crippen LogP contribution is 2.26. The van der Waals surface area contributed by atoms with Gasteiger partial charge in [0.05, 0.1) is 11.9 Å². The maximum Gasteiger partial charge on any atom is 0.208 e. The maximum atomic E-state index is 5.51. The molecule has 1 fully saturated rings. The number of H-pyrrole nitrogens is 1. The molecule has 1 aliphatic rings. The van der Waals surface area contributed by atoms with Crippen LogP contribution in [-0.2, 0) is 4.74 Å². The first-order valence-corrected chi connectivity index (χ1v) is 6.54. The van der Waals surface area contributed by atoms with Crippen molar-refractivity contribution in [1.29, 1.82) is 0 Å². The topological polar surface area (TPSA) is 62.8 Å². The quantitative estimate of drug-likeness (QED) is 0.824. The van der Waals surface area contributed by atoms with Crippen LogP contribution >= 0.6 is 11.8 Å². The molecule has 0 saturated carbocycles. The molecule has 1 aromatic rings. The minimum Gasteiger partial charge on any atom is -0.380 e. The Hall–Kier alpha value is -0.590. The summed E-state index contributed by atoms with van der Waals surface area (Å²) in [5.74, 6) is 0.860. The van der Waals surface area contributed by atoms with E-state index in [1.54, 1.807) is 11.8 Å². The molecule has 2 heterocycles. The number of hydrogen-bond acceptors (Lipinski definition) is 5. The molecular formula is C10H18N4OS. The van der Waals surface area contributed by atoms with Gasteiger partial charge in [0, 0.05) is 12.6 Å². The van der Waals surface area contributed by atoms with Crippen molar-refractivity contribution in [2.75, 3.05) is 19.8 Å². The Bertz CT molecular complexity index is 328. The van der Waals surface area contributed by atoms with Gasteiger partial charge in [0.1, 0.15) is 5.82 Å². The molecule has 0 spiro atoms. The molecule has 0 bridgehead atoms. The zero-order valence-electron chi connectivity index (χ0n) is 9.69. The third-order valence-electron chi connectivity index (χ3n) is 2.60. The van der Waals surface area contributed by atoms with Crippen LogP contribution in [0.1, 0.15) is 19.2 Å². The summed E-state index contributed by atoms with van der Waals surface area (Å²) >= 11 is 1.69. The summed E-state index contributed by atoms with van der Waals surface area (Å²) in [5, 5.41) is 11.7. The van der Waals surface area contributed by atoms with Crippen LogP contribution < -0.4 is 5.32 Å². The second kappa shape index (κ2) is 5.65. The van der Waals surface area contributed by atoms with Crippen LogP contribution in [0.5, 0.6) is 0 Å². The summed E-state index contributed by atoms with van der Waals surface area (Å²) in [6.07, 6.45) is 1.06. The smallest absolute Gasteiger partial charge is 0.208 e. The van der Waals surface area contributed by atoms with E-state index in [0.29, 0.717) is 11.3 Å². The Kier molecular flexibility index (Phi) is 4.20. The predicted molar refractivity (Wildman–Crippen MR) is 63.7 cm³/mol. The van der Waals surface area contributed by atoms with E-state index in [9.17, 15) is 0 Å². The van der Waals surface area contributed by atoms with Crippen LogP contribution in [0.4, 0.5) is 0 Å². The number of thioether (sulfide) groups is 1. The SMILES string of the molecule is CCNC1CCOCC1Sc1n[nH]c(C)n1. The van der Waals surface area contributed by atoms with Gasteiger partial charge in [-0.2, -0.15) is 0 Å². The van der Waals surface area contributed by atoms with Crippen LogP contribution in [-0.4, -0.2) is 46.2 Å². The first-order valence-electron chi connectivity index (χ1n) is 5.66. The molecule has 90 valence electrons. The third kappa shape index (κ3) is 2.96. The number of aromatic nitrogens is 3. The zero-order valence-corrected chi connectivity index (χ0v) is 10.5. The van der Waals surface area contributed by atoms with Gasteiger partial charge in [0.25, 0.3) is 0 Å². The summed E-state index contributed by atoms with van der Waals surface area (Å²) in [6, 6.07) is 0.502. The third-order valence-corrected chi connectivity index (χ3v) is 3.76. The Morgan fingerprint density at radius 3 is 3.19 bits per heavy atom. The van der Waals surface area contributed by atoms with Crippen molar-refractivity contribution < 1.29 is 4.74 Å². The number of nitrogens with zero attached hydrogens (tertiary/aromatic N) is 2. The molecule has 16 heavy (non-hydrogen) atoms. The summed E-state index contributed by atoms with van der Waals surface area (Å²) in [4.78, 5) is 4.31. The van der Waals surface area contributed by atoms with Gasteiger partial charge in [-0.1, -0.05) is 18.7 Å². The Morgan fingerprint density at radius 1 is 1.62 bits per heavy atom. The van der Waals surface area contributed by atoms with Gasteiger partial charge in [0.2, 0.25) is 5.16 Å². The monoisotopic (exact) mass is 242 g/mol. The van der Waals surface area contributed by atoms with Gasteiger partial charge < -0.3 is 10.1 Å². The highest BCUT2D eigenvalue weighted by atomic mass is 32.2. The molecule has 0 aromatic carbocycles. The van der Waals surface area contributed by atoms with Crippen LogP contribution in [0.3, 0.4) is 0 Å². The number of aromatic amines is 1. The number of ether oxygens (including phenoxy) is 1. The van der Waals surface area contributed by atoms with E-state index in [4.69, 9.17) is 4.74 Å². The van der Waals surface area contributed by atoms with Gasteiger partial charge in [-0.25, -0.2) is 4.98 Å². The van der Waals surface area contributed by atoms with Crippen molar-refractivity contribution in [3.05, 3.63) is 5.82 Å². The van der Waals surface area contributed by atoms with Crippen molar-refractivity contribution in [2.45, 2.75) is 36.7 Å². The molecule has 1 aliphatic heterocycles. The Labute approximate surface area is 99.7 Å².